The Labute approximate surface area is 168 Å². The summed E-state index contributed by atoms with van der Waals surface area (Å²) in [5.41, 5.74) is 0.471. The minimum atomic E-state index is -0.392. The third-order valence-corrected chi connectivity index (χ3v) is 4.49. The quantitative estimate of drug-likeness (QED) is 0.727. The standard InChI is InChI=1S/C22H32N2O4/c1-16(2)28-18-9-7-17(15-19(18)27-6)8-10-20(25)23-11-13-24(14-12-23)21(26)22(3,4)5/h7-10,15-16H,11-14H2,1-6H3/b10-8+. The van der Waals surface area contributed by atoms with E-state index in [2.05, 4.69) is 0 Å². The van der Waals surface area contributed by atoms with Gasteiger partial charge in [-0.05, 0) is 37.6 Å². The van der Waals surface area contributed by atoms with Crippen molar-refractivity contribution in [2.75, 3.05) is 33.3 Å². The lowest BCUT2D eigenvalue weighted by molar-refractivity contribution is -0.143. The SMILES string of the molecule is COc1cc(/C=C/C(=O)N2CCN(C(=O)C(C)(C)C)CC2)ccc1OC(C)C. The van der Waals surface area contributed by atoms with E-state index in [4.69, 9.17) is 9.47 Å². The molecule has 6 nitrogen and oxygen atoms in total. The summed E-state index contributed by atoms with van der Waals surface area (Å²) in [4.78, 5) is 28.5. The van der Waals surface area contributed by atoms with Crippen LogP contribution in [0, 0.1) is 5.41 Å². The van der Waals surface area contributed by atoms with Gasteiger partial charge in [0, 0.05) is 37.7 Å². The molecule has 1 aliphatic rings. The largest absolute Gasteiger partial charge is 0.493 e. The smallest absolute Gasteiger partial charge is 0.246 e. The van der Waals surface area contributed by atoms with Gasteiger partial charge in [-0.1, -0.05) is 26.8 Å². The summed E-state index contributed by atoms with van der Waals surface area (Å²) in [6.45, 7) is 11.9. The third kappa shape index (κ3) is 5.75. The second kappa shape index (κ2) is 9.13. The molecule has 1 aromatic carbocycles. The molecule has 0 radical (unpaired) electrons. The molecule has 28 heavy (non-hydrogen) atoms. The molecule has 0 aliphatic carbocycles. The molecule has 2 amide bonds. The maximum atomic E-state index is 12.5. The monoisotopic (exact) mass is 388 g/mol. The van der Waals surface area contributed by atoms with Gasteiger partial charge in [-0.3, -0.25) is 9.59 Å². The van der Waals surface area contributed by atoms with E-state index in [1.165, 1.54) is 0 Å². The number of hydrogen-bond acceptors (Lipinski definition) is 4. The minimum Gasteiger partial charge on any atom is -0.493 e. The van der Waals surface area contributed by atoms with Gasteiger partial charge in [-0.15, -0.1) is 0 Å². The number of carbonyl (C=O) groups excluding carboxylic acids is 2. The lowest BCUT2D eigenvalue weighted by atomic mass is 9.94. The van der Waals surface area contributed by atoms with E-state index in [0.717, 1.165) is 5.56 Å². The van der Waals surface area contributed by atoms with E-state index in [1.54, 1.807) is 24.2 Å². The van der Waals surface area contributed by atoms with Gasteiger partial charge in [0.2, 0.25) is 11.8 Å². The van der Waals surface area contributed by atoms with E-state index in [1.807, 2.05) is 57.7 Å². The molecule has 0 atom stereocenters. The van der Waals surface area contributed by atoms with Crippen LogP contribution >= 0.6 is 0 Å². The van der Waals surface area contributed by atoms with Crippen molar-refractivity contribution < 1.29 is 19.1 Å². The first-order valence-corrected chi connectivity index (χ1v) is 9.73. The van der Waals surface area contributed by atoms with Crippen LogP contribution in [0.4, 0.5) is 0 Å². The maximum absolute atomic E-state index is 12.5. The van der Waals surface area contributed by atoms with Gasteiger partial charge in [0.1, 0.15) is 0 Å². The number of hydrogen-bond donors (Lipinski definition) is 0. The molecule has 0 spiro atoms. The normalized spacial score (nSPS) is 15.2. The molecule has 154 valence electrons. The lowest BCUT2D eigenvalue weighted by Crippen LogP contribution is -2.52. The Bertz CT molecular complexity index is 727. The molecule has 0 N–H and O–H groups in total. The Kier molecular flexibility index (Phi) is 7.11. The average molecular weight is 389 g/mol. The fourth-order valence-corrected chi connectivity index (χ4v) is 3.02. The first-order valence-electron chi connectivity index (χ1n) is 9.73. The molecule has 2 rings (SSSR count). The van der Waals surface area contributed by atoms with E-state index >= 15 is 0 Å². The Morgan fingerprint density at radius 3 is 2.18 bits per heavy atom. The maximum Gasteiger partial charge on any atom is 0.246 e. The van der Waals surface area contributed by atoms with Crippen molar-refractivity contribution >= 4 is 17.9 Å². The van der Waals surface area contributed by atoms with Crippen molar-refractivity contribution in [3.8, 4) is 11.5 Å². The second-order valence-corrected chi connectivity index (χ2v) is 8.28. The minimum absolute atomic E-state index is 0.0515. The van der Waals surface area contributed by atoms with Gasteiger partial charge < -0.3 is 19.3 Å². The topological polar surface area (TPSA) is 59.1 Å². The van der Waals surface area contributed by atoms with Crippen LogP contribution in [0.15, 0.2) is 24.3 Å². The molecule has 0 unspecified atom stereocenters. The zero-order chi connectivity index (χ0) is 20.9. The number of carbonyl (C=O) groups is 2. The Morgan fingerprint density at radius 1 is 1.04 bits per heavy atom. The molecule has 0 bridgehead atoms. The number of ether oxygens (including phenoxy) is 2. The van der Waals surface area contributed by atoms with Gasteiger partial charge in [0.25, 0.3) is 0 Å². The summed E-state index contributed by atoms with van der Waals surface area (Å²) >= 11 is 0. The fourth-order valence-electron chi connectivity index (χ4n) is 3.02. The highest BCUT2D eigenvalue weighted by atomic mass is 16.5. The van der Waals surface area contributed by atoms with Crippen LogP contribution in [-0.4, -0.2) is 61.0 Å². The molecular formula is C22H32N2O4. The average Bonchev–Trinajstić information content (AvgIpc) is 2.65. The van der Waals surface area contributed by atoms with Crippen LogP contribution in [0.5, 0.6) is 11.5 Å². The van der Waals surface area contributed by atoms with Crippen LogP contribution in [0.3, 0.4) is 0 Å². The summed E-state index contributed by atoms with van der Waals surface area (Å²) in [6.07, 6.45) is 3.40. The predicted octanol–water partition coefficient (Wildman–Crippen LogP) is 3.21. The summed E-state index contributed by atoms with van der Waals surface area (Å²) in [5, 5.41) is 0. The van der Waals surface area contributed by atoms with Crippen molar-refractivity contribution in [3.63, 3.8) is 0 Å². The van der Waals surface area contributed by atoms with E-state index < -0.39 is 5.41 Å². The van der Waals surface area contributed by atoms with E-state index in [-0.39, 0.29) is 17.9 Å². The Morgan fingerprint density at radius 2 is 1.64 bits per heavy atom. The molecule has 1 fully saturated rings. The Balaban J connectivity index is 1.96. The van der Waals surface area contributed by atoms with Gasteiger partial charge in [0.05, 0.1) is 13.2 Å². The zero-order valence-electron chi connectivity index (χ0n) is 17.8. The van der Waals surface area contributed by atoms with Crippen LogP contribution in [-0.2, 0) is 9.59 Å². The first-order chi connectivity index (χ1) is 13.1. The number of benzene rings is 1. The van der Waals surface area contributed by atoms with Gasteiger partial charge >= 0.3 is 0 Å². The van der Waals surface area contributed by atoms with Crippen LogP contribution in [0.25, 0.3) is 6.08 Å². The Hall–Kier alpha value is -2.50. The molecule has 0 saturated carbocycles. The third-order valence-electron chi connectivity index (χ3n) is 4.49. The highest BCUT2D eigenvalue weighted by Gasteiger charge is 2.30. The highest BCUT2D eigenvalue weighted by Crippen LogP contribution is 2.29. The number of methoxy groups -OCH3 is 1. The summed E-state index contributed by atoms with van der Waals surface area (Å²) in [5.74, 6) is 1.40. The van der Waals surface area contributed by atoms with Gasteiger partial charge in [-0.25, -0.2) is 0 Å². The van der Waals surface area contributed by atoms with E-state index in [9.17, 15) is 9.59 Å². The molecular weight excluding hydrogens is 356 g/mol. The first kappa shape index (κ1) is 21.8. The number of piperazine rings is 1. The van der Waals surface area contributed by atoms with E-state index in [0.29, 0.717) is 37.7 Å². The molecule has 1 saturated heterocycles. The number of nitrogens with zero attached hydrogens (tertiary/aromatic N) is 2. The van der Waals surface area contributed by atoms with Crippen molar-refractivity contribution in [2.24, 2.45) is 5.41 Å². The van der Waals surface area contributed by atoms with Crippen LogP contribution in [0.1, 0.15) is 40.2 Å². The zero-order valence-corrected chi connectivity index (χ0v) is 17.8. The molecule has 1 heterocycles. The van der Waals surface area contributed by atoms with Crippen molar-refractivity contribution in [1.29, 1.82) is 0 Å². The number of rotatable bonds is 5. The summed E-state index contributed by atoms with van der Waals surface area (Å²) in [7, 11) is 1.60. The van der Waals surface area contributed by atoms with Crippen molar-refractivity contribution in [2.45, 2.75) is 40.7 Å². The fraction of sp³-hybridized carbons (Fsp3) is 0.545. The molecule has 0 aromatic heterocycles. The predicted molar refractivity (Wildman–Crippen MR) is 110 cm³/mol. The van der Waals surface area contributed by atoms with Gasteiger partial charge in [-0.2, -0.15) is 0 Å². The molecule has 6 heteroatoms. The lowest BCUT2D eigenvalue weighted by Gasteiger charge is -2.37. The molecule has 1 aliphatic heterocycles. The summed E-state index contributed by atoms with van der Waals surface area (Å²) < 4.78 is 11.1. The van der Waals surface area contributed by atoms with Gasteiger partial charge in [0.15, 0.2) is 11.5 Å². The van der Waals surface area contributed by atoms with Crippen LogP contribution in [0.2, 0.25) is 0 Å². The number of amides is 2. The van der Waals surface area contributed by atoms with Crippen LogP contribution < -0.4 is 9.47 Å². The second-order valence-electron chi connectivity index (χ2n) is 8.28. The summed E-state index contributed by atoms with van der Waals surface area (Å²) in [6, 6.07) is 5.59. The highest BCUT2D eigenvalue weighted by molar-refractivity contribution is 5.92. The molecule has 1 aromatic rings. The van der Waals surface area contributed by atoms with Crippen molar-refractivity contribution in [1.82, 2.24) is 9.80 Å². The van der Waals surface area contributed by atoms with Crippen molar-refractivity contribution in [3.05, 3.63) is 29.8 Å².